The Kier molecular flexibility index (Phi) is 3.70. The van der Waals surface area contributed by atoms with Crippen LogP contribution in [0.1, 0.15) is 52.4 Å². The molecule has 4 rings (SSSR count). The first-order valence-electron chi connectivity index (χ1n) is 9.58. The molecule has 0 aromatic carbocycles. The lowest BCUT2D eigenvalue weighted by atomic mass is 9.50. The Bertz CT molecular complexity index is 605. The van der Waals surface area contributed by atoms with Gasteiger partial charge in [0.05, 0.1) is 12.2 Å². The van der Waals surface area contributed by atoms with Crippen LogP contribution >= 0.6 is 0 Å². The largest absolute Gasteiger partial charge is 0.393 e. The highest BCUT2D eigenvalue weighted by molar-refractivity contribution is 5.29. The normalized spacial score (nSPS) is 56.5. The van der Waals surface area contributed by atoms with E-state index in [1.807, 2.05) is 6.08 Å². The minimum absolute atomic E-state index is 0.0713. The number of rotatable bonds is 0. The summed E-state index contributed by atoms with van der Waals surface area (Å²) in [7, 11) is 0. The molecular weight excluding hydrogens is 300 g/mol. The van der Waals surface area contributed by atoms with Crippen LogP contribution in [0.5, 0.6) is 0 Å². The van der Waals surface area contributed by atoms with Crippen molar-refractivity contribution in [2.45, 2.75) is 70.2 Å². The molecule has 0 aromatic heterocycles. The highest BCUT2D eigenvalue weighted by Gasteiger charge is 2.65. The molecule has 4 unspecified atom stereocenters. The summed E-state index contributed by atoms with van der Waals surface area (Å²) in [5.74, 6) is 4.23. The van der Waals surface area contributed by atoms with Crippen molar-refractivity contribution in [2.75, 3.05) is 0 Å². The molecule has 4 aliphatic carbocycles. The number of hydrogen-bond donors (Lipinski definition) is 3. The molecule has 0 bridgehead atoms. The molecule has 3 heteroatoms. The molecule has 24 heavy (non-hydrogen) atoms. The van der Waals surface area contributed by atoms with Gasteiger partial charge >= 0.3 is 0 Å². The lowest BCUT2D eigenvalue weighted by Gasteiger charge is -2.55. The molecule has 3 saturated carbocycles. The maximum atomic E-state index is 11.2. The summed E-state index contributed by atoms with van der Waals surface area (Å²) in [5, 5.41) is 32.1. The molecule has 4 aliphatic rings. The zero-order valence-corrected chi connectivity index (χ0v) is 14.8. The molecule has 3 fully saturated rings. The van der Waals surface area contributed by atoms with Crippen molar-refractivity contribution >= 4 is 0 Å². The Hall–Kier alpha value is -0.820. The second-order valence-electron chi connectivity index (χ2n) is 9.13. The molecule has 132 valence electrons. The van der Waals surface area contributed by atoms with Gasteiger partial charge in [0, 0.05) is 5.41 Å². The van der Waals surface area contributed by atoms with Gasteiger partial charge in [-0.05, 0) is 68.1 Å². The first kappa shape index (κ1) is 16.6. The monoisotopic (exact) mass is 330 g/mol. The molecule has 0 amide bonds. The molecule has 3 N–H and O–H groups in total. The quantitative estimate of drug-likeness (QED) is 0.472. The SMILES string of the molecule is C#C[C@]1(O)[C@H](C)CC2C3C(O)C=C4C[C@@H](O)CC[C@@H]4C3CC[C@@]21C. The number of aliphatic hydroxyl groups excluding tert-OH is 2. The van der Waals surface area contributed by atoms with E-state index in [-0.39, 0.29) is 29.3 Å². The van der Waals surface area contributed by atoms with E-state index < -0.39 is 11.7 Å². The summed E-state index contributed by atoms with van der Waals surface area (Å²) in [6.45, 7) is 4.21. The van der Waals surface area contributed by atoms with E-state index in [1.165, 1.54) is 5.57 Å². The highest BCUT2D eigenvalue weighted by atomic mass is 16.3. The molecule has 0 spiro atoms. The zero-order chi connectivity index (χ0) is 17.3. The lowest BCUT2D eigenvalue weighted by molar-refractivity contribution is -0.113. The maximum absolute atomic E-state index is 11.2. The Morgan fingerprint density at radius 2 is 2.00 bits per heavy atom. The van der Waals surface area contributed by atoms with Crippen LogP contribution in [-0.2, 0) is 0 Å². The third kappa shape index (κ3) is 1.97. The van der Waals surface area contributed by atoms with Crippen LogP contribution in [0.3, 0.4) is 0 Å². The van der Waals surface area contributed by atoms with Crippen molar-refractivity contribution in [2.24, 2.45) is 35.0 Å². The average Bonchev–Trinajstić information content (AvgIpc) is 2.75. The second kappa shape index (κ2) is 5.34. The van der Waals surface area contributed by atoms with Gasteiger partial charge < -0.3 is 15.3 Å². The van der Waals surface area contributed by atoms with Gasteiger partial charge in [-0.2, -0.15) is 0 Å². The average molecular weight is 330 g/mol. The predicted molar refractivity (Wildman–Crippen MR) is 92.8 cm³/mol. The lowest BCUT2D eigenvalue weighted by Crippen LogP contribution is -2.55. The third-order valence-corrected chi connectivity index (χ3v) is 8.24. The first-order valence-corrected chi connectivity index (χ1v) is 9.58. The minimum Gasteiger partial charge on any atom is -0.393 e. The van der Waals surface area contributed by atoms with Gasteiger partial charge in [0.2, 0.25) is 0 Å². The van der Waals surface area contributed by atoms with Crippen molar-refractivity contribution in [3.8, 4) is 12.3 Å². The van der Waals surface area contributed by atoms with Crippen LogP contribution in [0.15, 0.2) is 11.6 Å². The number of hydrogen-bond acceptors (Lipinski definition) is 3. The third-order valence-electron chi connectivity index (χ3n) is 8.24. The predicted octanol–water partition coefficient (Wildman–Crippen LogP) is 2.50. The highest BCUT2D eigenvalue weighted by Crippen LogP contribution is 2.65. The summed E-state index contributed by atoms with van der Waals surface area (Å²) >= 11 is 0. The van der Waals surface area contributed by atoms with Crippen molar-refractivity contribution < 1.29 is 15.3 Å². The van der Waals surface area contributed by atoms with E-state index in [9.17, 15) is 15.3 Å². The van der Waals surface area contributed by atoms with E-state index in [1.54, 1.807) is 0 Å². The van der Waals surface area contributed by atoms with Crippen LogP contribution in [0.4, 0.5) is 0 Å². The Morgan fingerprint density at radius 1 is 1.25 bits per heavy atom. The second-order valence-corrected chi connectivity index (χ2v) is 9.13. The topological polar surface area (TPSA) is 60.7 Å². The van der Waals surface area contributed by atoms with E-state index in [0.717, 1.165) is 38.5 Å². The summed E-state index contributed by atoms with van der Waals surface area (Å²) < 4.78 is 0. The Balaban J connectivity index is 1.72. The summed E-state index contributed by atoms with van der Waals surface area (Å²) in [6.07, 6.45) is 12.5. The molecular formula is C21H30O3. The molecule has 0 saturated heterocycles. The van der Waals surface area contributed by atoms with Crippen molar-refractivity contribution in [3.63, 3.8) is 0 Å². The molecule has 0 heterocycles. The van der Waals surface area contributed by atoms with Gasteiger partial charge in [0.15, 0.2) is 0 Å². The first-order chi connectivity index (χ1) is 11.3. The van der Waals surface area contributed by atoms with Gasteiger partial charge in [-0.25, -0.2) is 0 Å². The molecule has 0 aliphatic heterocycles. The Labute approximate surface area is 145 Å². The van der Waals surface area contributed by atoms with Crippen LogP contribution in [0.25, 0.3) is 0 Å². The fourth-order valence-corrected chi connectivity index (χ4v) is 6.93. The fourth-order valence-electron chi connectivity index (χ4n) is 6.93. The summed E-state index contributed by atoms with van der Waals surface area (Å²) in [5.41, 5.74) is -0.0952. The number of terminal acetylenes is 1. The summed E-state index contributed by atoms with van der Waals surface area (Å²) in [4.78, 5) is 0. The molecule has 0 radical (unpaired) electrons. The smallest absolute Gasteiger partial charge is 0.133 e. The standard InChI is InChI=1S/C21H30O3/c1-4-21(24)12(2)9-17-19-16(7-8-20(17,21)3)15-6-5-14(22)10-13(15)11-18(19)23/h1,11-12,14-19,22-24H,5-10H2,2-3H3/t12-,14+,15+,16?,17?,18?,19?,20+,21+/m1/s1. The van der Waals surface area contributed by atoms with Gasteiger partial charge in [-0.3, -0.25) is 0 Å². The van der Waals surface area contributed by atoms with Crippen molar-refractivity contribution in [3.05, 3.63) is 11.6 Å². The van der Waals surface area contributed by atoms with Crippen LogP contribution in [-0.4, -0.2) is 33.1 Å². The van der Waals surface area contributed by atoms with Gasteiger partial charge in [0.1, 0.15) is 5.60 Å². The molecule has 0 aromatic rings. The van der Waals surface area contributed by atoms with Crippen LogP contribution < -0.4 is 0 Å². The van der Waals surface area contributed by atoms with E-state index in [4.69, 9.17) is 6.42 Å². The van der Waals surface area contributed by atoms with Gasteiger partial charge in [0.25, 0.3) is 0 Å². The van der Waals surface area contributed by atoms with Crippen molar-refractivity contribution in [1.29, 1.82) is 0 Å². The zero-order valence-electron chi connectivity index (χ0n) is 14.8. The minimum atomic E-state index is -1.06. The van der Waals surface area contributed by atoms with Crippen LogP contribution in [0.2, 0.25) is 0 Å². The van der Waals surface area contributed by atoms with E-state index in [0.29, 0.717) is 11.8 Å². The van der Waals surface area contributed by atoms with E-state index in [2.05, 4.69) is 19.8 Å². The number of fused-ring (bicyclic) bond motifs is 5. The molecule has 3 nitrogen and oxygen atoms in total. The fraction of sp³-hybridized carbons (Fsp3) is 0.810. The number of aliphatic hydroxyl groups is 3. The van der Waals surface area contributed by atoms with E-state index >= 15 is 0 Å². The van der Waals surface area contributed by atoms with Gasteiger partial charge in [-0.15, -0.1) is 6.42 Å². The Morgan fingerprint density at radius 3 is 2.71 bits per heavy atom. The maximum Gasteiger partial charge on any atom is 0.133 e. The van der Waals surface area contributed by atoms with Crippen molar-refractivity contribution in [1.82, 2.24) is 0 Å². The van der Waals surface area contributed by atoms with Gasteiger partial charge in [-0.1, -0.05) is 31.4 Å². The van der Waals surface area contributed by atoms with Crippen LogP contribution in [0, 0.1) is 47.3 Å². The summed E-state index contributed by atoms with van der Waals surface area (Å²) in [6, 6.07) is 0. The molecule has 9 atom stereocenters.